The minimum Gasteiger partial charge on any atom is -0.378 e. The van der Waals surface area contributed by atoms with Gasteiger partial charge in [-0.3, -0.25) is 9.69 Å². The molecule has 2 saturated heterocycles. The number of hydrogen-bond donors (Lipinski definition) is 2. The Morgan fingerprint density at radius 1 is 1.56 bits per heavy atom. The molecule has 104 valence electrons. The highest BCUT2D eigenvalue weighted by molar-refractivity contribution is 5.81. The van der Waals surface area contributed by atoms with Gasteiger partial charge in [0, 0.05) is 19.6 Å². The number of piperidine rings is 1. The third kappa shape index (κ3) is 3.67. The summed E-state index contributed by atoms with van der Waals surface area (Å²) in [5.74, 6) is 0.787. The average molecular weight is 255 g/mol. The summed E-state index contributed by atoms with van der Waals surface area (Å²) < 4.78 is 5.45. The van der Waals surface area contributed by atoms with Crippen molar-refractivity contribution >= 4 is 5.91 Å². The van der Waals surface area contributed by atoms with Crippen LogP contribution in [-0.4, -0.2) is 62.8 Å². The van der Waals surface area contributed by atoms with E-state index < -0.39 is 0 Å². The molecule has 0 aliphatic carbocycles. The van der Waals surface area contributed by atoms with Crippen LogP contribution in [0.25, 0.3) is 0 Å². The number of nitrogens with zero attached hydrogens (tertiary/aromatic N) is 1. The molecule has 0 aromatic rings. The quantitative estimate of drug-likeness (QED) is 0.732. The van der Waals surface area contributed by atoms with Crippen LogP contribution in [-0.2, 0) is 9.53 Å². The Balaban J connectivity index is 1.88. The van der Waals surface area contributed by atoms with E-state index in [1.54, 1.807) is 0 Å². The van der Waals surface area contributed by atoms with Crippen molar-refractivity contribution in [2.24, 2.45) is 5.92 Å². The standard InChI is InChI=1S/C13H25N3O2/c1-2-15-13(17)12-10-18-7-6-16(12)9-11-4-3-5-14-8-11/h11-12,14H,2-10H2,1H3,(H,15,17). The Labute approximate surface area is 109 Å². The lowest BCUT2D eigenvalue weighted by molar-refractivity contribution is -0.133. The van der Waals surface area contributed by atoms with Crippen LogP contribution in [0.2, 0.25) is 0 Å². The Morgan fingerprint density at radius 2 is 2.44 bits per heavy atom. The fourth-order valence-electron chi connectivity index (χ4n) is 2.80. The van der Waals surface area contributed by atoms with Gasteiger partial charge in [0.2, 0.25) is 5.91 Å². The van der Waals surface area contributed by atoms with Gasteiger partial charge in [0.05, 0.1) is 13.2 Å². The van der Waals surface area contributed by atoms with Gasteiger partial charge in [0.25, 0.3) is 0 Å². The van der Waals surface area contributed by atoms with Crippen LogP contribution in [0.3, 0.4) is 0 Å². The molecular formula is C13H25N3O2. The molecule has 0 bridgehead atoms. The minimum absolute atomic E-state index is 0.0966. The van der Waals surface area contributed by atoms with E-state index in [-0.39, 0.29) is 11.9 Å². The number of morpholine rings is 1. The summed E-state index contributed by atoms with van der Waals surface area (Å²) in [5, 5.41) is 6.34. The van der Waals surface area contributed by atoms with E-state index in [1.807, 2.05) is 6.92 Å². The van der Waals surface area contributed by atoms with Crippen LogP contribution in [0.1, 0.15) is 19.8 Å². The highest BCUT2D eigenvalue weighted by atomic mass is 16.5. The van der Waals surface area contributed by atoms with Gasteiger partial charge in [-0.1, -0.05) is 0 Å². The molecule has 0 radical (unpaired) electrons. The van der Waals surface area contributed by atoms with E-state index in [0.29, 0.717) is 19.1 Å². The van der Waals surface area contributed by atoms with Crippen LogP contribution in [0.4, 0.5) is 0 Å². The molecule has 1 amide bonds. The molecule has 2 rings (SSSR count). The van der Waals surface area contributed by atoms with Gasteiger partial charge in [-0.15, -0.1) is 0 Å². The second kappa shape index (κ2) is 7.07. The predicted molar refractivity (Wildman–Crippen MR) is 70.5 cm³/mol. The fraction of sp³-hybridized carbons (Fsp3) is 0.923. The fourth-order valence-corrected chi connectivity index (χ4v) is 2.80. The first kappa shape index (κ1) is 13.8. The number of carbonyl (C=O) groups excluding carboxylic acids is 1. The van der Waals surface area contributed by atoms with Gasteiger partial charge in [-0.25, -0.2) is 0 Å². The summed E-state index contributed by atoms with van der Waals surface area (Å²) in [6, 6.07) is -0.0966. The number of hydrogen-bond acceptors (Lipinski definition) is 4. The molecular weight excluding hydrogens is 230 g/mol. The number of likely N-dealkylation sites (N-methyl/N-ethyl adjacent to an activating group) is 1. The lowest BCUT2D eigenvalue weighted by atomic mass is 9.98. The van der Waals surface area contributed by atoms with Crippen molar-refractivity contribution in [3.8, 4) is 0 Å². The Hall–Kier alpha value is -0.650. The van der Waals surface area contributed by atoms with Crippen molar-refractivity contribution in [3.05, 3.63) is 0 Å². The molecule has 5 nitrogen and oxygen atoms in total. The maximum Gasteiger partial charge on any atom is 0.239 e. The highest BCUT2D eigenvalue weighted by Gasteiger charge is 2.30. The number of ether oxygens (including phenoxy) is 1. The second-order valence-corrected chi connectivity index (χ2v) is 5.19. The first-order valence-corrected chi connectivity index (χ1v) is 7.11. The van der Waals surface area contributed by atoms with E-state index in [1.165, 1.54) is 12.8 Å². The molecule has 2 unspecified atom stereocenters. The zero-order valence-electron chi connectivity index (χ0n) is 11.3. The van der Waals surface area contributed by atoms with Gasteiger partial charge in [-0.2, -0.15) is 0 Å². The topological polar surface area (TPSA) is 53.6 Å². The molecule has 0 spiro atoms. The summed E-state index contributed by atoms with van der Waals surface area (Å²) in [4.78, 5) is 14.3. The zero-order valence-corrected chi connectivity index (χ0v) is 11.3. The molecule has 0 aromatic heterocycles. The van der Waals surface area contributed by atoms with Gasteiger partial charge in [0.15, 0.2) is 0 Å². The normalized spacial score (nSPS) is 30.1. The molecule has 2 heterocycles. The average Bonchev–Trinajstić information content (AvgIpc) is 2.41. The Kier molecular flexibility index (Phi) is 5.41. The van der Waals surface area contributed by atoms with E-state index in [4.69, 9.17) is 4.74 Å². The molecule has 2 atom stereocenters. The van der Waals surface area contributed by atoms with Crippen molar-refractivity contribution in [2.75, 3.05) is 45.9 Å². The Bertz CT molecular complexity index is 267. The van der Waals surface area contributed by atoms with E-state index in [0.717, 1.165) is 32.8 Å². The largest absolute Gasteiger partial charge is 0.378 e. The maximum absolute atomic E-state index is 12.0. The van der Waals surface area contributed by atoms with E-state index in [2.05, 4.69) is 15.5 Å². The first-order valence-electron chi connectivity index (χ1n) is 7.11. The van der Waals surface area contributed by atoms with Crippen molar-refractivity contribution in [3.63, 3.8) is 0 Å². The predicted octanol–water partition coefficient (Wildman–Crippen LogP) is -0.177. The van der Waals surface area contributed by atoms with Gasteiger partial charge >= 0.3 is 0 Å². The zero-order chi connectivity index (χ0) is 12.8. The van der Waals surface area contributed by atoms with E-state index >= 15 is 0 Å². The number of carbonyl (C=O) groups is 1. The number of amides is 1. The van der Waals surface area contributed by atoms with Crippen molar-refractivity contribution in [1.82, 2.24) is 15.5 Å². The van der Waals surface area contributed by atoms with Crippen molar-refractivity contribution < 1.29 is 9.53 Å². The van der Waals surface area contributed by atoms with Crippen LogP contribution in [0.5, 0.6) is 0 Å². The van der Waals surface area contributed by atoms with Gasteiger partial charge < -0.3 is 15.4 Å². The summed E-state index contributed by atoms with van der Waals surface area (Å²) in [5.41, 5.74) is 0. The third-order valence-electron chi connectivity index (χ3n) is 3.78. The molecule has 2 aliphatic heterocycles. The summed E-state index contributed by atoms with van der Waals surface area (Å²) in [6.07, 6.45) is 2.52. The first-order chi connectivity index (χ1) is 8.81. The second-order valence-electron chi connectivity index (χ2n) is 5.19. The minimum atomic E-state index is -0.0966. The lowest BCUT2D eigenvalue weighted by Gasteiger charge is -2.37. The lowest BCUT2D eigenvalue weighted by Crippen LogP contribution is -2.55. The van der Waals surface area contributed by atoms with E-state index in [9.17, 15) is 4.79 Å². The SMILES string of the molecule is CCNC(=O)C1COCCN1CC1CCCNC1. The van der Waals surface area contributed by atoms with Crippen molar-refractivity contribution in [1.29, 1.82) is 0 Å². The molecule has 2 fully saturated rings. The number of nitrogens with one attached hydrogen (secondary N) is 2. The summed E-state index contributed by atoms with van der Waals surface area (Å²) >= 11 is 0. The van der Waals surface area contributed by atoms with Gasteiger partial charge in [0.1, 0.15) is 6.04 Å². The smallest absolute Gasteiger partial charge is 0.239 e. The van der Waals surface area contributed by atoms with Crippen LogP contribution < -0.4 is 10.6 Å². The third-order valence-corrected chi connectivity index (χ3v) is 3.78. The molecule has 2 N–H and O–H groups in total. The van der Waals surface area contributed by atoms with Crippen LogP contribution >= 0.6 is 0 Å². The van der Waals surface area contributed by atoms with Crippen molar-refractivity contribution in [2.45, 2.75) is 25.8 Å². The maximum atomic E-state index is 12.0. The molecule has 18 heavy (non-hydrogen) atoms. The molecule has 0 aromatic carbocycles. The highest BCUT2D eigenvalue weighted by Crippen LogP contribution is 2.15. The molecule has 0 saturated carbocycles. The Morgan fingerprint density at radius 3 is 3.17 bits per heavy atom. The monoisotopic (exact) mass is 255 g/mol. The van der Waals surface area contributed by atoms with Crippen LogP contribution in [0, 0.1) is 5.92 Å². The number of rotatable bonds is 4. The molecule has 2 aliphatic rings. The summed E-state index contributed by atoms with van der Waals surface area (Å²) in [6.45, 7) is 8.03. The van der Waals surface area contributed by atoms with Gasteiger partial charge in [-0.05, 0) is 38.8 Å². The molecule has 5 heteroatoms. The summed E-state index contributed by atoms with van der Waals surface area (Å²) in [7, 11) is 0. The van der Waals surface area contributed by atoms with Crippen LogP contribution in [0.15, 0.2) is 0 Å².